The summed E-state index contributed by atoms with van der Waals surface area (Å²) in [5, 5.41) is 0. The van der Waals surface area contributed by atoms with Crippen LogP contribution < -0.4 is 0 Å². The molecule has 1 aliphatic carbocycles. The second kappa shape index (κ2) is 11.9. The van der Waals surface area contributed by atoms with E-state index < -0.39 is 0 Å². The molecule has 4 heteroatoms. The van der Waals surface area contributed by atoms with E-state index in [2.05, 4.69) is 6.07 Å². The number of aliphatic imine (C=N–C) groups is 1. The van der Waals surface area contributed by atoms with Crippen LogP contribution >= 0.6 is 0 Å². The lowest BCUT2D eigenvalue weighted by molar-refractivity contribution is -0.119. The van der Waals surface area contributed by atoms with Crippen molar-refractivity contribution in [1.29, 1.82) is 0 Å². The predicted molar refractivity (Wildman–Crippen MR) is 126 cm³/mol. The first kappa shape index (κ1) is 22.6. The zero-order valence-corrected chi connectivity index (χ0v) is 19.2. The number of aryl methyl sites for hydroxylation is 2. The average Bonchev–Trinajstić information content (AvgIpc) is 3.04. The lowest BCUT2D eigenvalue weighted by Gasteiger charge is -2.22. The second-order valence-electron chi connectivity index (χ2n) is 9.90. The van der Waals surface area contributed by atoms with Crippen LogP contribution in [-0.2, 0) is 22.4 Å². The first-order valence-electron chi connectivity index (χ1n) is 12.9. The lowest BCUT2D eigenvalue weighted by atomic mass is 9.84. The molecule has 1 saturated heterocycles. The Balaban J connectivity index is 1.36. The van der Waals surface area contributed by atoms with Crippen LogP contribution in [0.5, 0.6) is 0 Å². The summed E-state index contributed by atoms with van der Waals surface area (Å²) in [4.78, 5) is 22.4. The number of fused-ring (bicyclic) bond motifs is 1. The van der Waals surface area contributed by atoms with Gasteiger partial charge in [-0.15, -0.1) is 0 Å². The van der Waals surface area contributed by atoms with Gasteiger partial charge in [-0.05, 0) is 74.8 Å². The van der Waals surface area contributed by atoms with Crippen LogP contribution in [0.3, 0.4) is 0 Å². The maximum atomic E-state index is 12.6. The largest absolute Gasteiger partial charge is 0.381 e. The summed E-state index contributed by atoms with van der Waals surface area (Å²) in [5.74, 6) is 1.93. The maximum absolute atomic E-state index is 12.6. The normalized spacial score (nSPS) is 20.7. The average molecular weight is 425 g/mol. The summed E-state index contributed by atoms with van der Waals surface area (Å²) >= 11 is 0. The third-order valence-corrected chi connectivity index (χ3v) is 7.64. The van der Waals surface area contributed by atoms with Gasteiger partial charge >= 0.3 is 0 Å². The van der Waals surface area contributed by atoms with E-state index in [0.29, 0.717) is 24.5 Å². The molecule has 1 aromatic rings. The van der Waals surface area contributed by atoms with Gasteiger partial charge in [-0.2, -0.15) is 0 Å². The third kappa shape index (κ3) is 6.71. The van der Waals surface area contributed by atoms with E-state index in [1.165, 1.54) is 55.3 Å². The number of rotatable bonds is 9. The number of nitrogens with zero attached hydrogens (tertiary/aromatic N) is 2. The minimum atomic E-state index is 0.396. The molecule has 4 nitrogen and oxygen atoms in total. The zero-order valence-electron chi connectivity index (χ0n) is 19.2. The summed E-state index contributed by atoms with van der Waals surface area (Å²) in [6, 6.07) is 2.19. The minimum absolute atomic E-state index is 0.396. The van der Waals surface area contributed by atoms with Crippen molar-refractivity contribution in [3.05, 3.63) is 29.1 Å². The fourth-order valence-corrected chi connectivity index (χ4v) is 5.67. The van der Waals surface area contributed by atoms with E-state index in [1.54, 1.807) is 0 Å². The van der Waals surface area contributed by atoms with Gasteiger partial charge in [-0.3, -0.25) is 14.8 Å². The van der Waals surface area contributed by atoms with Crippen molar-refractivity contribution < 1.29 is 9.53 Å². The molecular weight excluding hydrogens is 384 g/mol. The fraction of sp³-hybridized carbons (Fsp3) is 0.741. The molecule has 2 aliphatic heterocycles. The Morgan fingerprint density at radius 2 is 1.74 bits per heavy atom. The van der Waals surface area contributed by atoms with Gasteiger partial charge in [0.25, 0.3) is 0 Å². The summed E-state index contributed by atoms with van der Waals surface area (Å²) in [6.45, 7) is 2.61. The van der Waals surface area contributed by atoms with Crippen molar-refractivity contribution in [3.8, 4) is 0 Å². The Kier molecular flexibility index (Phi) is 8.69. The van der Waals surface area contributed by atoms with Gasteiger partial charge in [0.05, 0.1) is 0 Å². The van der Waals surface area contributed by atoms with Crippen LogP contribution in [0.25, 0.3) is 0 Å². The number of aromatic nitrogens is 1. The van der Waals surface area contributed by atoms with Crippen LogP contribution in [0, 0.1) is 11.8 Å². The quantitative estimate of drug-likeness (QED) is 0.497. The van der Waals surface area contributed by atoms with Crippen LogP contribution in [-0.4, -0.2) is 36.2 Å². The zero-order chi connectivity index (χ0) is 21.3. The molecule has 0 N–H and O–H groups in total. The smallest absolute Gasteiger partial charge is 0.133 e. The molecule has 31 heavy (non-hydrogen) atoms. The molecule has 1 aromatic heterocycles. The van der Waals surface area contributed by atoms with Crippen molar-refractivity contribution in [2.24, 2.45) is 16.8 Å². The molecule has 0 radical (unpaired) electrons. The standard InChI is InChI=1S/C27H40N2O2/c30-24(10-8-22-15-19-31-20-16-22)11-13-26-27-23(7-4-17-28-26)14-18-29-25(27)12-9-21-5-2-1-3-6-21/h14,18,21-22H,1-13,15-17,19-20H2. The number of hydrogen-bond acceptors (Lipinski definition) is 4. The van der Waals surface area contributed by atoms with E-state index in [4.69, 9.17) is 14.7 Å². The monoisotopic (exact) mass is 424 g/mol. The molecule has 0 amide bonds. The number of ketones is 1. The molecule has 3 aliphatic rings. The van der Waals surface area contributed by atoms with Crippen LogP contribution in [0.2, 0.25) is 0 Å². The molecule has 0 spiro atoms. The van der Waals surface area contributed by atoms with Crippen molar-refractivity contribution in [1.82, 2.24) is 4.98 Å². The molecule has 4 rings (SSSR count). The molecule has 0 atom stereocenters. The van der Waals surface area contributed by atoms with Gasteiger partial charge in [-0.25, -0.2) is 0 Å². The molecule has 3 heterocycles. The Hall–Kier alpha value is -1.55. The van der Waals surface area contributed by atoms with Gasteiger partial charge in [0.1, 0.15) is 5.78 Å². The first-order chi connectivity index (χ1) is 15.3. The third-order valence-electron chi connectivity index (χ3n) is 7.64. The fourth-order valence-electron chi connectivity index (χ4n) is 5.67. The van der Waals surface area contributed by atoms with Gasteiger partial charge in [0, 0.05) is 55.8 Å². The molecule has 2 fully saturated rings. The van der Waals surface area contributed by atoms with Crippen LogP contribution in [0.15, 0.2) is 17.3 Å². The summed E-state index contributed by atoms with van der Waals surface area (Å²) in [7, 11) is 0. The number of pyridine rings is 1. The number of carbonyl (C=O) groups is 1. The molecule has 170 valence electrons. The Morgan fingerprint density at radius 1 is 0.935 bits per heavy atom. The molecule has 0 bridgehead atoms. The summed E-state index contributed by atoms with van der Waals surface area (Å²) in [6.07, 6.45) is 18.8. The Bertz CT molecular complexity index is 746. The maximum Gasteiger partial charge on any atom is 0.133 e. The van der Waals surface area contributed by atoms with Crippen molar-refractivity contribution >= 4 is 11.5 Å². The summed E-state index contributed by atoms with van der Waals surface area (Å²) in [5.41, 5.74) is 5.09. The summed E-state index contributed by atoms with van der Waals surface area (Å²) < 4.78 is 5.44. The second-order valence-corrected chi connectivity index (χ2v) is 9.90. The number of ether oxygens (including phenoxy) is 1. The predicted octanol–water partition coefficient (Wildman–Crippen LogP) is 5.89. The van der Waals surface area contributed by atoms with E-state index in [-0.39, 0.29) is 0 Å². The molecule has 0 unspecified atom stereocenters. The van der Waals surface area contributed by atoms with Crippen molar-refractivity contribution in [3.63, 3.8) is 0 Å². The van der Waals surface area contributed by atoms with Crippen LogP contribution in [0.1, 0.15) is 100 Å². The highest BCUT2D eigenvalue weighted by Gasteiger charge is 2.21. The highest BCUT2D eigenvalue weighted by Crippen LogP contribution is 2.29. The lowest BCUT2D eigenvalue weighted by Crippen LogP contribution is -2.17. The van der Waals surface area contributed by atoms with E-state index in [9.17, 15) is 4.79 Å². The number of carbonyl (C=O) groups excluding carboxylic acids is 1. The first-order valence-corrected chi connectivity index (χ1v) is 12.9. The number of hydrogen-bond donors (Lipinski definition) is 0. The SMILES string of the molecule is O=C(CCC1=NCCCc2ccnc(CCC3CCCCC3)c21)CCC1CCOCC1. The Labute approximate surface area is 188 Å². The highest BCUT2D eigenvalue weighted by molar-refractivity contribution is 6.04. The van der Waals surface area contributed by atoms with E-state index in [1.807, 2.05) is 6.20 Å². The van der Waals surface area contributed by atoms with E-state index >= 15 is 0 Å². The molecule has 1 saturated carbocycles. The van der Waals surface area contributed by atoms with Gasteiger partial charge < -0.3 is 4.74 Å². The van der Waals surface area contributed by atoms with Crippen molar-refractivity contribution in [2.75, 3.05) is 19.8 Å². The molecule has 0 aromatic carbocycles. The van der Waals surface area contributed by atoms with Gasteiger partial charge in [0.2, 0.25) is 0 Å². The van der Waals surface area contributed by atoms with E-state index in [0.717, 1.165) is 76.3 Å². The highest BCUT2D eigenvalue weighted by atomic mass is 16.5. The Morgan fingerprint density at radius 3 is 2.58 bits per heavy atom. The number of Topliss-reactive ketones (excluding diaryl/α,β-unsaturated/α-hetero) is 1. The van der Waals surface area contributed by atoms with Crippen LogP contribution in [0.4, 0.5) is 0 Å². The van der Waals surface area contributed by atoms with Gasteiger partial charge in [-0.1, -0.05) is 32.1 Å². The van der Waals surface area contributed by atoms with Crippen molar-refractivity contribution in [2.45, 2.75) is 96.3 Å². The molecular formula is C27H40N2O2. The topological polar surface area (TPSA) is 51.5 Å². The van der Waals surface area contributed by atoms with Gasteiger partial charge in [0.15, 0.2) is 0 Å². The minimum Gasteiger partial charge on any atom is -0.381 e.